The van der Waals surface area contributed by atoms with E-state index in [1.807, 2.05) is 0 Å². The summed E-state index contributed by atoms with van der Waals surface area (Å²) in [7, 11) is 0. The minimum atomic E-state index is -1.49. The van der Waals surface area contributed by atoms with Crippen LogP contribution in [0.1, 0.15) is 39.0 Å². The highest BCUT2D eigenvalue weighted by molar-refractivity contribution is 4.77. The van der Waals surface area contributed by atoms with Gasteiger partial charge in [-0.3, -0.25) is 0 Å². The molecule has 0 bridgehead atoms. The third-order valence-corrected chi connectivity index (χ3v) is 2.14. The highest BCUT2D eigenvalue weighted by Crippen LogP contribution is 2.24. The first-order valence-electron chi connectivity index (χ1n) is 4.70. The second-order valence-corrected chi connectivity index (χ2v) is 3.60. The van der Waals surface area contributed by atoms with E-state index in [0.29, 0.717) is 19.4 Å². The van der Waals surface area contributed by atoms with E-state index in [2.05, 4.69) is 6.92 Å². The summed E-state index contributed by atoms with van der Waals surface area (Å²) < 4.78 is 4.93. The molecule has 3 heteroatoms. The minimum Gasteiger partial charge on any atom is -0.373 e. The molecule has 1 saturated heterocycles. The zero-order valence-electron chi connectivity index (χ0n) is 7.62. The monoisotopic (exact) mass is 174 g/mol. The average Bonchev–Trinajstić information content (AvgIpc) is 2.71. The Morgan fingerprint density at radius 3 is 2.58 bits per heavy atom. The Morgan fingerprint density at radius 1 is 1.42 bits per heavy atom. The van der Waals surface area contributed by atoms with Gasteiger partial charge in [0.15, 0.2) is 5.79 Å². The molecule has 0 aromatic rings. The van der Waals surface area contributed by atoms with E-state index in [1.165, 1.54) is 0 Å². The predicted octanol–water partition coefficient (Wildman–Crippen LogP) is 1.04. The third-order valence-electron chi connectivity index (χ3n) is 2.14. The summed E-state index contributed by atoms with van der Waals surface area (Å²) in [6, 6.07) is 0. The maximum atomic E-state index is 9.43. The number of rotatable bonds is 6. The van der Waals surface area contributed by atoms with Crippen LogP contribution in [0.2, 0.25) is 0 Å². The molecule has 0 aromatic carbocycles. The number of ether oxygens (including phenoxy) is 1. The van der Waals surface area contributed by atoms with Crippen LogP contribution in [0.15, 0.2) is 0 Å². The number of epoxide rings is 1. The summed E-state index contributed by atoms with van der Waals surface area (Å²) in [6.07, 6.45) is 4.00. The molecule has 0 aromatic heterocycles. The fraction of sp³-hybridized carbons (Fsp3) is 1.00. The van der Waals surface area contributed by atoms with Gasteiger partial charge in [0.25, 0.3) is 0 Å². The molecule has 1 heterocycles. The van der Waals surface area contributed by atoms with E-state index in [9.17, 15) is 10.2 Å². The third kappa shape index (κ3) is 4.04. The van der Waals surface area contributed by atoms with E-state index in [1.54, 1.807) is 0 Å². The van der Waals surface area contributed by atoms with Crippen LogP contribution in [0.5, 0.6) is 0 Å². The lowest BCUT2D eigenvalue weighted by Crippen LogP contribution is -2.29. The molecule has 72 valence electrons. The summed E-state index contributed by atoms with van der Waals surface area (Å²) in [5.41, 5.74) is 0. The number of unbranched alkanes of at least 4 members (excludes halogenated alkanes) is 2. The van der Waals surface area contributed by atoms with Crippen molar-refractivity contribution in [2.24, 2.45) is 0 Å². The lowest BCUT2D eigenvalue weighted by atomic mass is 10.0. The molecule has 0 radical (unpaired) electrons. The van der Waals surface area contributed by atoms with Gasteiger partial charge in [0, 0.05) is 12.8 Å². The van der Waals surface area contributed by atoms with Crippen LogP contribution in [0, 0.1) is 0 Å². The van der Waals surface area contributed by atoms with Crippen molar-refractivity contribution >= 4 is 0 Å². The van der Waals surface area contributed by atoms with E-state index in [-0.39, 0.29) is 6.10 Å². The Hall–Kier alpha value is -0.120. The normalized spacial score (nSPS) is 22.8. The maximum Gasteiger partial charge on any atom is 0.165 e. The summed E-state index contributed by atoms with van der Waals surface area (Å²) >= 11 is 0. The van der Waals surface area contributed by atoms with Crippen LogP contribution in [0.4, 0.5) is 0 Å². The highest BCUT2D eigenvalue weighted by Gasteiger charge is 2.33. The van der Waals surface area contributed by atoms with E-state index < -0.39 is 5.79 Å². The van der Waals surface area contributed by atoms with Gasteiger partial charge in [-0.15, -0.1) is 0 Å². The second-order valence-electron chi connectivity index (χ2n) is 3.60. The number of aliphatic hydroxyl groups is 2. The van der Waals surface area contributed by atoms with Crippen molar-refractivity contribution in [1.82, 2.24) is 0 Å². The smallest absolute Gasteiger partial charge is 0.165 e. The van der Waals surface area contributed by atoms with E-state index in [4.69, 9.17) is 4.74 Å². The maximum absolute atomic E-state index is 9.43. The van der Waals surface area contributed by atoms with Crippen molar-refractivity contribution in [3.8, 4) is 0 Å². The van der Waals surface area contributed by atoms with Gasteiger partial charge in [0.05, 0.1) is 12.7 Å². The molecule has 1 unspecified atom stereocenters. The molecular formula is C9H18O3. The van der Waals surface area contributed by atoms with Crippen molar-refractivity contribution in [3.05, 3.63) is 0 Å². The summed E-state index contributed by atoms with van der Waals surface area (Å²) in [5, 5.41) is 18.9. The van der Waals surface area contributed by atoms with Crippen LogP contribution >= 0.6 is 0 Å². The standard InChI is InChI=1S/C9H18O3/c1-2-3-4-5-9(10,11)6-8-7-12-8/h8,10-11H,2-7H2,1H3. The van der Waals surface area contributed by atoms with Gasteiger partial charge in [-0.05, 0) is 6.42 Å². The molecule has 0 saturated carbocycles. The van der Waals surface area contributed by atoms with Gasteiger partial charge >= 0.3 is 0 Å². The second kappa shape index (κ2) is 4.21. The number of hydrogen-bond donors (Lipinski definition) is 2. The molecule has 1 aliphatic heterocycles. The van der Waals surface area contributed by atoms with Crippen molar-refractivity contribution in [2.45, 2.75) is 50.9 Å². The predicted molar refractivity (Wildman–Crippen MR) is 45.7 cm³/mol. The van der Waals surface area contributed by atoms with Gasteiger partial charge in [-0.25, -0.2) is 0 Å². The molecule has 2 N–H and O–H groups in total. The minimum absolute atomic E-state index is 0.0987. The number of hydrogen-bond acceptors (Lipinski definition) is 3. The fourth-order valence-corrected chi connectivity index (χ4v) is 1.31. The first kappa shape index (κ1) is 9.96. The zero-order valence-corrected chi connectivity index (χ0v) is 7.62. The molecule has 0 aliphatic carbocycles. The van der Waals surface area contributed by atoms with Crippen molar-refractivity contribution < 1.29 is 14.9 Å². The molecule has 1 aliphatic rings. The molecular weight excluding hydrogens is 156 g/mol. The Kier molecular flexibility index (Phi) is 3.50. The Morgan fingerprint density at radius 2 is 2.08 bits per heavy atom. The van der Waals surface area contributed by atoms with Crippen LogP contribution < -0.4 is 0 Å². The summed E-state index contributed by atoms with van der Waals surface area (Å²) in [5.74, 6) is -1.49. The van der Waals surface area contributed by atoms with Crippen LogP contribution in [0.25, 0.3) is 0 Å². The van der Waals surface area contributed by atoms with Gasteiger partial charge < -0.3 is 14.9 Å². The summed E-state index contributed by atoms with van der Waals surface area (Å²) in [4.78, 5) is 0. The van der Waals surface area contributed by atoms with Crippen molar-refractivity contribution in [1.29, 1.82) is 0 Å². The molecule has 1 rings (SSSR count). The molecule has 1 atom stereocenters. The van der Waals surface area contributed by atoms with Crippen LogP contribution in [-0.2, 0) is 4.74 Å². The van der Waals surface area contributed by atoms with Gasteiger partial charge in [-0.1, -0.05) is 19.8 Å². The zero-order chi connectivity index (χ0) is 9.03. The molecule has 12 heavy (non-hydrogen) atoms. The first-order chi connectivity index (χ1) is 5.64. The lowest BCUT2D eigenvalue weighted by molar-refractivity contribution is -0.173. The van der Waals surface area contributed by atoms with Gasteiger partial charge in [0.1, 0.15) is 0 Å². The van der Waals surface area contributed by atoms with E-state index >= 15 is 0 Å². The molecule has 0 amide bonds. The van der Waals surface area contributed by atoms with Crippen molar-refractivity contribution in [3.63, 3.8) is 0 Å². The first-order valence-corrected chi connectivity index (χ1v) is 4.70. The topological polar surface area (TPSA) is 53.0 Å². The molecule has 0 spiro atoms. The highest BCUT2D eigenvalue weighted by atomic mass is 16.6. The Bertz CT molecular complexity index is 130. The molecule has 3 nitrogen and oxygen atoms in total. The SMILES string of the molecule is CCCCCC(O)(O)CC1CO1. The van der Waals surface area contributed by atoms with Gasteiger partial charge in [0.2, 0.25) is 0 Å². The quantitative estimate of drug-likeness (QED) is 0.359. The lowest BCUT2D eigenvalue weighted by Gasteiger charge is -2.20. The van der Waals surface area contributed by atoms with Crippen molar-refractivity contribution in [2.75, 3.05) is 6.61 Å². The average molecular weight is 174 g/mol. The molecule has 1 fully saturated rings. The largest absolute Gasteiger partial charge is 0.373 e. The Balaban J connectivity index is 2.08. The van der Waals surface area contributed by atoms with Gasteiger partial charge in [-0.2, -0.15) is 0 Å². The Labute approximate surface area is 73.4 Å². The van der Waals surface area contributed by atoms with Crippen LogP contribution in [0.3, 0.4) is 0 Å². The van der Waals surface area contributed by atoms with Crippen LogP contribution in [-0.4, -0.2) is 28.7 Å². The summed E-state index contributed by atoms with van der Waals surface area (Å²) in [6.45, 7) is 2.79. The fourth-order valence-electron chi connectivity index (χ4n) is 1.31. The van der Waals surface area contributed by atoms with E-state index in [0.717, 1.165) is 19.3 Å².